The third kappa shape index (κ3) is 3.43. The smallest absolute Gasteiger partial charge is 0.185 e. The molecular formula is C35H26FNO4. The highest BCUT2D eigenvalue weighted by Gasteiger charge is 2.71. The van der Waals surface area contributed by atoms with E-state index in [1.807, 2.05) is 72.5 Å². The van der Waals surface area contributed by atoms with Gasteiger partial charge in [0.1, 0.15) is 23.0 Å². The van der Waals surface area contributed by atoms with Gasteiger partial charge in [-0.25, -0.2) is 4.39 Å². The number of benzene rings is 4. The van der Waals surface area contributed by atoms with Gasteiger partial charge in [0, 0.05) is 33.9 Å². The van der Waals surface area contributed by atoms with E-state index < -0.39 is 29.2 Å². The number of anilines is 1. The Hall–Kier alpha value is -4.84. The van der Waals surface area contributed by atoms with Crippen LogP contribution in [-0.2, 0) is 0 Å². The minimum Gasteiger partial charge on any atom is -0.494 e. The maximum absolute atomic E-state index is 14.7. The van der Waals surface area contributed by atoms with Crippen molar-refractivity contribution < 1.29 is 23.5 Å². The van der Waals surface area contributed by atoms with Crippen molar-refractivity contribution in [1.82, 2.24) is 0 Å². The van der Waals surface area contributed by atoms with E-state index in [9.17, 15) is 18.8 Å². The Labute approximate surface area is 236 Å². The molecule has 1 saturated heterocycles. The van der Waals surface area contributed by atoms with Crippen LogP contribution < -0.4 is 9.64 Å². The van der Waals surface area contributed by atoms with Crippen molar-refractivity contribution in [3.05, 3.63) is 137 Å². The zero-order chi connectivity index (χ0) is 28.3. The van der Waals surface area contributed by atoms with Crippen molar-refractivity contribution in [3.63, 3.8) is 0 Å². The number of para-hydroxylation sites is 2. The molecule has 2 aliphatic heterocycles. The fraction of sp³-hybridized carbons (Fsp3) is 0.171. The van der Waals surface area contributed by atoms with Crippen LogP contribution in [0.4, 0.5) is 10.1 Å². The first-order chi connectivity index (χ1) is 20.0. The standard InChI is InChI=1S/C35H26FNO4/c1-2-41-28-14-8-6-12-26(28)30-31(32(38)22-15-18-23(36)19-16-22)37-27-13-7-3-9-21(27)17-20-29(37)35(30)33(39)24-10-4-5-11-25(24)34(35)40/h3-20,29-31H,2H2,1H3/t29-,30+,31-/m0/s1. The van der Waals surface area contributed by atoms with Crippen LogP contribution in [0.5, 0.6) is 5.75 Å². The average Bonchev–Trinajstić information content (AvgIpc) is 3.44. The number of ketones is 3. The maximum Gasteiger partial charge on any atom is 0.185 e. The molecule has 0 bridgehead atoms. The van der Waals surface area contributed by atoms with E-state index in [0.717, 1.165) is 11.3 Å². The summed E-state index contributed by atoms with van der Waals surface area (Å²) in [6.45, 7) is 2.23. The molecule has 0 unspecified atom stereocenters. The first-order valence-electron chi connectivity index (χ1n) is 13.7. The number of hydrogen-bond acceptors (Lipinski definition) is 5. The molecule has 0 aromatic heterocycles. The quantitative estimate of drug-likeness (QED) is 0.211. The van der Waals surface area contributed by atoms with Gasteiger partial charge < -0.3 is 9.64 Å². The van der Waals surface area contributed by atoms with E-state index in [4.69, 9.17) is 4.74 Å². The Balaban J connectivity index is 1.56. The van der Waals surface area contributed by atoms with Crippen molar-refractivity contribution in [2.75, 3.05) is 11.5 Å². The summed E-state index contributed by atoms with van der Waals surface area (Å²) in [4.78, 5) is 46.0. The zero-order valence-corrected chi connectivity index (χ0v) is 22.3. The first kappa shape index (κ1) is 25.1. The molecule has 0 radical (unpaired) electrons. The van der Waals surface area contributed by atoms with Gasteiger partial charge in [-0.2, -0.15) is 0 Å². The monoisotopic (exact) mass is 543 g/mol. The second kappa shape index (κ2) is 9.37. The van der Waals surface area contributed by atoms with E-state index in [0.29, 0.717) is 34.6 Å². The second-order valence-electron chi connectivity index (χ2n) is 10.6. The summed E-state index contributed by atoms with van der Waals surface area (Å²) in [5, 5.41) is 0. The van der Waals surface area contributed by atoms with E-state index in [-0.39, 0.29) is 17.3 Å². The fourth-order valence-corrected chi connectivity index (χ4v) is 7.07. The number of nitrogens with zero attached hydrogens (tertiary/aromatic N) is 1. The molecule has 1 spiro atoms. The molecule has 5 nitrogen and oxygen atoms in total. The Kier molecular flexibility index (Phi) is 5.75. The average molecular weight is 544 g/mol. The van der Waals surface area contributed by atoms with Gasteiger partial charge >= 0.3 is 0 Å². The Morgan fingerprint density at radius 3 is 2.20 bits per heavy atom. The van der Waals surface area contributed by atoms with Gasteiger partial charge in [0.15, 0.2) is 17.3 Å². The lowest BCUT2D eigenvalue weighted by Crippen LogP contribution is -2.48. The Morgan fingerprint density at radius 2 is 1.49 bits per heavy atom. The van der Waals surface area contributed by atoms with Crippen LogP contribution in [0.25, 0.3) is 6.08 Å². The van der Waals surface area contributed by atoms with Crippen LogP contribution in [-0.4, -0.2) is 36.0 Å². The minimum atomic E-state index is -1.62. The van der Waals surface area contributed by atoms with Gasteiger partial charge in [-0.3, -0.25) is 14.4 Å². The van der Waals surface area contributed by atoms with Crippen LogP contribution in [0.2, 0.25) is 0 Å². The topological polar surface area (TPSA) is 63.7 Å². The summed E-state index contributed by atoms with van der Waals surface area (Å²) < 4.78 is 20.0. The highest BCUT2D eigenvalue weighted by Crippen LogP contribution is 2.61. The predicted molar refractivity (Wildman–Crippen MR) is 154 cm³/mol. The lowest BCUT2D eigenvalue weighted by Gasteiger charge is -2.37. The van der Waals surface area contributed by atoms with Crippen LogP contribution >= 0.6 is 0 Å². The molecule has 4 aromatic carbocycles. The summed E-state index contributed by atoms with van der Waals surface area (Å²) in [5.41, 5.74) is 1.65. The molecule has 0 amide bonds. The Bertz CT molecular complexity index is 1720. The molecule has 202 valence electrons. The lowest BCUT2D eigenvalue weighted by molar-refractivity contribution is 0.0664. The van der Waals surface area contributed by atoms with E-state index in [2.05, 4.69) is 0 Å². The van der Waals surface area contributed by atoms with Gasteiger partial charge in [0.25, 0.3) is 0 Å². The minimum absolute atomic E-state index is 0.300. The largest absolute Gasteiger partial charge is 0.494 e. The highest BCUT2D eigenvalue weighted by atomic mass is 19.1. The molecule has 6 heteroatoms. The molecule has 3 aliphatic rings. The van der Waals surface area contributed by atoms with E-state index >= 15 is 0 Å². The number of fused-ring (bicyclic) bond motifs is 5. The molecule has 1 aliphatic carbocycles. The van der Waals surface area contributed by atoms with Crippen molar-refractivity contribution in [3.8, 4) is 5.75 Å². The molecule has 3 atom stereocenters. The normalized spacial score (nSPS) is 21.5. The Morgan fingerprint density at radius 1 is 0.854 bits per heavy atom. The molecular weight excluding hydrogens is 517 g/mol. The predicted octanol–water partition coefficient (Wildman–Crippen LogP) is 6.54. The summed E-state index contributed by atoms with van der Waals surface area (Å²) in [6.07, 6.45) is 3.82. The van der Waals surface area contributed by atoms with Gasteiger partial charge in [0.2, 0.25) is 0 Å². The first-order valence-corrected chi connectivity index (χ1v) is 13.7. The van der Waals surface area contributed by atoms with E-state index in [1.54, 1.807) is 24.3 Å². The molecule has 41 heavy (non-hydrogen) atoms. The van der Waals surface area contributed by atoms with Gasteiger partial charge in [0.05, 0.1) is 12.6 Å². The summed E-state index contributed by atoms with van der Waals surface area (Å²) in [6, 6.07) is 25.6. The molecule has 1 fully saturated rings. The van der Waals surface area contributed by atoms with Crippen LogP contribution in [0.3, 0.4) is 0 Å². The number of carbonyl (C=O) groups is 3. The maximum atomic E-state index is 14.7. The van der Waals surface area contributed by atoms with Gasteiger partial charge in [-0.15, -0.1) is 0 Å². The van der Waals surface area contributed by atoms with Crippen LogP contribution in [0.15, 0.2) is 103 Å². The SMILES string of the molecule is CCOc1ccccc1[C@@H]1[C@@H](C(=O)c2ccc(F)cc2)N2c3ccccc3C=C[C@H]2C12C(=O)c1ccccc1C2=O. The van der Waals surface area contributed by atoms with Gasteiger partial charge in [-0.05, 0) is 48.9 Å². The molecule has 4 aromatic rings. The van der Waals surface area contributed by atoms with Crippen LogP contribution in [0, 0.1) is 11.2 Å². The van der Waals surface area contributed by atoms with Crippen molar-refractivity contribution >= 4 is 29.1 Å². The third-order valence-electron chi connectivity index (χ3n) is 8.66. The number of Topliss-reactive ketones (excluding diaryl/α,β-unsaturated/α-hetero) is 3. The van der Waals surface area contributed by atoms with Gasteiger partial charge in [-0.1, -0.05) is 72.8 Å². The van der Waals surface area contributed by atoms with Crippen molar-refractivity contribution in [2.24, 2.45) is 5.41 Å². The highest BCUT2D eigenvalue weighted by molar-refractivity contribution is 6.32. The third-order valence-corrected chi connectivity index (χ3v) is 8.66. The molecule has 7 rings (SSSR count). The van der Waals surface area contributed by atoms with Crippen molar-refractivity contribution in [1.29, 1.82) is 0 Å². The van der Waals surface area contributed by atoms with E-state index in [1.165, 1.54) is 24.3 Å². The zero-order valence-electron chi connectivity index (χ0n) is 22.3. The number of ether oxygens (including phenoxy) is 1. The summed E-state index contributed by atoms with van der Waals surface area (Å²) in [7, 11) is 0. The number of hydrogen-bond donors (Lipinski definition) is 0. The summed E-state index contributed by atoms with van der Waals surface area (Å²) in [5.74, 6) is -1.74. The molecule has 2 heterocycles. The summed E-state index contributed by atoms with van der Waals surface area (Å²) >= 11 is 0. The lowest BCUT2D eigenvalue weighted by atomic mass is 9.64. The molecule has 0 N–H and O–H groups in total. The fourth-order valence-electron chi connectivity index (χ4n) is 7.07. The number of rotatable bonds is 5. The molecule has 0 saturated carbocycles. The van der Waals surface area contributed by atoms with Crippen LogP contribution in [0.1, 0.15) is 55.0 Å². The van der Waals surface area contributed by atoms with Crippen molar-refractivity contribution in [2.45, 2.75) is 24.9 Å². The number of halogens is 1. The number of carbonyl (C=O) groups excluding carboxylic acids is 3. The second-order valence-corrected chi connectivity index (χ2v) is 10.6.